The van der Waals surface area contributed by atoms with Crippen LogP contribution in [0.4, 0.5) is 16.2 Å². The first-order valence-electron chi connectivity index (χ1n) is 11.7. The summed E-state index contributed by atoms with van der Waals surface area (Å²) in [6, 6.07) is 14.4. The number of aliphatic hydroxyl groups excluding tert-OH is 1. The number of hydrogen-bond donors (Lipinski definition) is 3. The van der Waals surface area contributed by atoms with Gasteiger partial charge in [0.1, 0.15) is 18.0 Å². The number of ether oxygens (including phenoxy) is 3. The largest absolute Gasteiger partial charge is 0.487 e. The molecule has 0 aliphatic carbocycles. The Morgan fingerprint density at radius 3 is 2.56 bits per heavy atom. The van der Waals surface area contributed by atoms with E-state index < -0.39 is 6.10 Å². The van der Waals surface area contributed by atoms with Gasteiger partial charge in [-0.05, 0) is 36.8 Å². The molecule has 0 radical (unpaired) electrons. The van der Waals surface area contributed by atoms with E-state index in [0.29, 0.717) is 49.8 Å². The van der Waals surface area contributed by atoms with Crippen molar-refractivity contribution in [2.24, 2.45) is 0 Å². The van der Waals surface area contributed by atoms with Crippen LogP contribution in [0.2, 0.25) is 0 Å². The zero-order valence-electron chi connectivity index (χ0n) is 18.8. The highest BCUT2D eigenvalue weighted by molar-refractivity contribution is 5.99. The summed E-state index contributed by atoms with van der Waals surface area (Å²) in [5, 5.41) is 15.6. The second-order valence-corrected chi connectivity index (χ2v) is 8.80. The van der Waals surface area contributed by atoms with Gasteiger partial charge < -0.3 is 34.9 Å². The summed E-state index contributed by atoms with van der Waals surface area (Å²) in [5.41, 5.74) is 2.30. The number of rotatable bonds is 5. The normalized spacial score (nSPS) is 25.6. The van der Waals surface area contributed by atoms with E-state index >= 15 is 0 Å². The molecule has 180 valence electrons. The smallest absolute Gasteiger partial charge is 0.323 e. The first-order valence-corrected chi connectivity index (χ1v) is 11.7. The number of carbonyl (C=O) groups excluding carboxylic acids is 2. The molecule has 3 aliphatic heterocycles. The molecular formula is C25H29N3O6. The van der Waals surface area contributed by atoms with Crippen LogP contribution < -0.4 is 15.4 Å². The van der Waals surface area contributed by atoms with Gasteiger partial charge in [-0.3, -0.25) is 4.79 Å². The highest BCUT2D eigenvalue weighted by Crippen LogP contribution is 2.47. The Balaban J connectivity index is 1.28. The van der Waals surface area contributed by atoms with Gasteiger partial charge in [-0.2, -0.15) is 0 Å². The zero-order chi connectivity index (χ0) is 23.5. The molecule has 3 aliphatic rings. The SMILES string of the molecule is O=C(Nc1ccccc1)Nc1ccc2c(c1)[C@@H]1C[C@H](CC(=O)N3CCOCC3)O[C@@H](CO)[C@@H]1O2. The fourth-order valence-electron chi connectivity index (χ4n) is 4.92. The van der Waals surface area contributed by atoms with E-state index in [1.165, 1.54) is 0 Å². The van der Waals surface area contributed by atoms with Crippen LogP contribution in [-0.2, 0) is 14.3 Å². The van der Waals surface area contributed by atoms with E-state index in [-0.39, 0.29) is 43.1 Å². The van der Waals surface area contributed by atoms with Crippen LogP contribution in [0.5, 0.6) is 5.75 Å². The Labute approximate surface area is 198 Å². The molecule has 2 fully saturated rings. The fraction of sp³-hybridized carbons (Fsp3) is 0.440. The molecule has 2 saturated heterocycles. The van der Waals surface area contributed by atoms with Gasteiger partial charge in [0, 0.05) is 35.9 Å². The van der Waals surface area contributed by atoms with E-state index in [1.807, 2.05) is 42.5 Å². The second kappa shape index (κ2) is 10.0. The van der Waals surface area contributed by atoms with Crippen LogP contribution in [0.1, 0.15) is 24.3 Å². The van der Waals surface area contributed by atoms with Gasteiger partial charge >= 0.3 is 6.03 Å². The van der Waals surface area contributed by atoms with E-state index in [1.54, 1.807) is 11.0 Å². The number of nitrogens with one attached hydrogen (secondary N) is 2. The van der Waals surface area contributed by atoms with Gasteiger partial charge in [-0.1, -0.05) is 18.2 Å². The van der Waals surface area contributed by atoms with E-state index in [0.717, 1.165) is 5.56 Å². The third-order valence-electron chi connectivity index (χ3n) is 6.55. The Bertz CT molecular complexity index is 1030. The topological polar surface area (TPSA) is 109 Å². The van der Waals surface area contributed by atoms with Crippen molar-refractivity contribution in [1.82, 2.24) is 4.90 Å². The Morgan fingerprint density at radius 1 is 1.03 bits per heavy atom. The lowest BCUT2D eigenvalue weighted by Crippen LogP contribution is -2.48. The standard InChI is InChI=1S/C25H29N3O6/c29-15-22-24-20(13-18(33-22)14-23(30)28-8-10-32-11-9-28)19-12-17(6-7-21(19)34-24)27-25(31)26-16-4-2-1-3-5-16/h1-7,12,18,20,22,24,29H,8-11,13-15H2,(H2,26,27,31)/t18-,20+,22+,24-/m1/s1. The molecule has 3 N–H and O–H groups in total. The summed E-state index contributed by atoms with van der Waals surface area (Å²) in [6.07, 6.45) is -0.313. The number of hydrogen-bond acceptors (Lipinski definition) is 6. The number of urea groups is 1. The average molecular weight is 468 g/mol. The Morgan fingerprint density at radius 2 is 1.79 bits per heavy atom. The molecule has 9 heteroatoms. The monoisotopic (exact) mass is 467 g/mol. The third kappa shape index (κ3) is 4.86. The lowest BCUT2D eigenvalue weighted by Gasteiger charge is -2.38. The van der Waals surface area contributed by atoms with Crippen LogP contribution in [0.25, 0.3) is 0 Å². The van der Waals surface area contributed by atoms with E-state index in [4.69, 9.17) is 14.2 Å². The number of fused-ring (bicyclic) bond motifs is 3. The predicted octanol–water partition coefficient (Wildman–Crippen LogP) is 2.57. The maximum absolute atomic E-state index is 12.8. The number of nitrogens with zero attached hydrogens (tertiary/aromatic N) is 1. The lowest BCUT2D eigenvalue weighted by molar-refractivity contribution is -0.151. The van der Waals surface area contributed by atoms with Crippen molar-refractivity contribution in [3.05, 3.63) is 54.1 Å². The maximum Gasteiger partial charge on any atom is 0.323 e. The molecular weight excluding hydrogens is 438 g/mol. The summed E-state index contributed by atoms with van der Waals surface area (Å²) in [5.74, 6) is 0.712. The van der Waals surface area contributed by atoms with Crippen LogP contribution >= 0.6 is 0 Å². The van der Waals surface area contributed by atoms with Gasteiger partial charge in [0.15, 0.2) is 0 Å². The molecule has 4 atom stereocenters. The minimum absolute atomic E-state index is 0.0376. The van der Waals surface area contributed by atoms with E-state index in [9.17, 15) is 14.7 Å². The molecule has 34 heavy (non-hydrogen) atoms. The summed E-state index contributed by atoms with van der Waals surface area (Å²) in [6.45, 7) is 2.09. The van der Waals surface area contributed by atoms with Crippen molar-refractivity contribution < 1.29 is 28.9 Å². The molecule has 0 aromatic heterocycles. The van der Waals surface area contributed by atoms with Crippen molar-refractivity contribution in [1.29, 1.82) is 0 Å². The molecule has 2 aromatic carbocycles. The Kier molecular flexibility index (Phi) is 6.66. The molecule has 0 spiro atoms. The number of amides is 3. The molecule has 0 unspecified atom stereocenters. The lowest BCUT2D eigenvalue weighted by atomic mass is 9.84. The van der Waals surface area contributed by atoms with Crippen molar-refractivity contribution in [3.63, 3.8) is 0 Å². The molecule has 9 nitrogen and oxygen atoms in total. The number of para-hydroxylation sites is 1. The highest BCUT2D eigenvalue weighted by Gasteiger charge is 2.46. The van der Waals surface area contributed by atoms with Gasteiger partial charge in [-0.15, -0.1) is 0 Å². The number of benzene rings is 2. The van der Waals surface area contributed by atoms with Crippen LogP contribution in [-0.4, -0.2) is 73.2 Å². The molecule has 2 aromatic rings. The summed E-state index contributed by atoms with van der Waals surface area (Å²) < 4.78 is 17.5. The van der Waals surface area contributed by atoms with Gasteiger partial charge in [0.05, 0.1) is 32.3 Å². The summed E-state index contributed by atoms with van der Waals surface area (Å²) in [4.78, 5) is 27.0. The van der Waals surface area contributed by atoms with Crippen molar-refractivity contribution in [3.8, 4) is 5.75 Å². The van der Waals surface area contributed by atoms with Crippen LogP contribution in [0.3, 0.4) is 0 Å². The molecule has 0 saturated carbocycles. The first kappa shape index (κ1) is 22.6. The molecule has 0 bridgehead atoms. The van der Waals surface area contributed by atoms with Gasteiger partial charge in [0.2, 0.25) is 5.91 Å². The molecule has 3 heterocycles. The Hall–Kier alpha value is -3.14. The van der Waals surface area contributed by atoms with Crippen molar-refractivity contribution >= 4 is 23.3 Å². The predicted molar refractivity (Wildman–Crippen MR) is 125 cm³/mol. The minimum Gasteiger partial charge on any atom is -0.487 e. The first-order chi connectivity index (χ1) is 16.6. The number of morpholine rings is 1. The number of anilines is 2. The second-order valence-electron chi connectivity index (χ2n) is 8.80. The molecule has 3 amide bonds. The highest BCUT2D eigenvalue weighted by atomic mass is 16.6. The number of carbonyl (C=O) groups is 2. The minimum atomic E-state index is -0.522. The van der Waals surface area contributed by atoms with E-state index in [2.05, 4.69) is 10.6 Å². The fourth-order valence-corrected chi connectivity index (χ4v) is 4.92. The van der Waals surface area contributed by atoms with Crippen LogP contribution in [0.15, 0.2) is 48.5 Å². The molecule has 5 rings (SSSR count). The quantitative estimate of drug-likeness (QED) is 0.624. The van der Waals surface area contributed by atoms with Crippen LogP contribution in [0, 0.1) is 0 Å². The number of aliphatic hydroxyl groups is 1. The van der Waals surface area contributed by atoms with Gasteiger partial charge in [0.25, 0.3) is 0 Å². The zero-order valence-corrected chi connectivity index (χ0v) is 18.8. The van der Waals surface area contributed by atoms with Crippen molar-refractivity contribution in [2.45, 2.75) is 37.1 Å². The summed E-state index contributed by atoms with van der Waals surface area (Å²) >= 11 is 0. The summed E-state index contributed by atoms with van der Waals surface area (Å²) in [7, 11) is 0. The van der Waals surface area contributed by atoms with Crippen molar-refractivity contribution in [2.75, 3.05) is 43.5 Å². The average Bonchev–Trinajstić information content (AvgIpc) is 3.22. The van der Waals surface area contributed by atoms with Gasteiger partial charge in [-0.25, -0.2) is 4.79 Å². The maximum atomic E-state index is 12.8. The third-order valence-corrected chi connectivity index (χ3v) is 6.55.